The summed E-state index contributed by atoms with van der Waals surface area (Å²) in [4.78, 5) is 33.3. The van der Waals surface area contributed by atoms with Crippen LogP contribution in [0.3, 0.4) is 0 Å². The standard InChI is InChI=1S/C16H19N5O2S/c1-2-13-15(24-19-18-13)16(23)21-9-7-20(8-10-21)14(22)11-12-5-3-4-6-17-12/h3-6H,2,7-11H2,1H3. The minimum absolute atomic E-state index is 0.0290. The molecule has 0 saturated carbocycles. The summed E-state index contributed by atoms with van der Waals surface area (Å²) in [6.45, 7) is 4.12. The highest BCUT2D eigenvalue weighted by Crippen LogP contribution is 2.16. The second-order valence-electron chi connectivity index (χ2n) is 5.57. The molecule has 3 heterocycles. The van der Waals surface area contributed by atoms with Gasteiger partial charge in [-0.05, 0) is 30.1 Å². The molecule has 3 rings (SSSR count). The topological polar surface area (TPSA) is 79.3 Å². The van der Waals surface area contributed by atoms with E-state index in [0.29, 0.717) is 43.9 Å². The zero-order valence-corrected chi connectivity index (χ0v) is 14.3. The first-order chi connectivity index (χ1) is 11.7. The molecule has 8 heteroatoms. The Hall–Kier alpha value is -2.35. The molecule has 0 aromatic carbocycles. The van der Waals surface area contributed by atoms with Crippen LogP contribution in [0.1, 0.15) is 28.0 Å². The second kappa shape index (κ2) is 7.48. The van der Waals surface area contributed by atoms with Gasteiger partial charge in [0.15, 0.2) is 0 Å². The number of hydrogen-bond donors (Lipinski definition) is 0. The van der Waals surface area contributed by atoms with Gasteiger partial charge in [0.2, 0.25) is 5.91 Å². The lowest BCUT2D eigenvalue weighted by atomic mass is 10.2. The van der Waals surface area contributed by atoms with E-state index >= 15 is 0 Å². The fourth-order valence-corrected chi connectivity index (χ4v) is 3.39. The van der Waals surface area contributed by atoms with Crippen LogP contribution in [0, 0.1) is 0 Å². The van der Waals surface area contributed by atoms with Gasteiger partial charge in [-0.2, -0.15) is 0 Å². The molecule has 1 fully saturated rings. The Morgan fingerprint density at radius 2 is 1.92 bits per heavy atom. The first-order valence-electron chi connectivity index (χ1n) is 7.97. The van der Waals surface area contributed by atoms with E-state index in [1.54, 1.807) is 16.0 Å². The molecule has 0 radical (unpaired) electrons. The van der Waals surface area contributed by atoms with Crippen LogP contribution in [0.25, 0.3) is 0 Å². The summed E-state index contributed by atoms with van der Waals surface area (Å²) in [7, 11) is 0. The van der Waals surface area contributed by atoms with Crippen molar-refractivity contribution in [1.82, 2.24) is 24.4 Å². The van der Waals surface area contributed by atoms with Crippen LogP contribution in [0.4, 0.5) is 0 Å². The van der Waals surface area contributed by atoms with Crippen molar-refractivity contribution in [1.29, 1.82) is 0 Å². The highest BCUT2D eigenvalue weighted by molar-refractivity contribution is 7.08. The van der Waals surface area contributed by atoms with Crippen molar-refractivity contribution in [2.45, 2.75) is 19.8 Å². The molecule has 2 aromatic heterocycles. The summed E-state index contributed by atoms with van der Waals surface area (Å²) in [5.41, 5.74) is 1.52. The summed E-state index contributed by atoms with van der Waals surface area (Å²) in [6.07, 6.45) is 2.68. The third kappa shape index (κ3) is 3.59. The maximum Gasteiger partial charge on any atom is 0.267 e. The lowest BCUT2D eigenvalue weighted by Gasteiger charge is -2.34. The van der Waals surface area contributed by atoms with Gasteiger partial charge in [0.05, 0.1) is 12.1 Å². The van der Waals surface area contributed by atoms with Gasteiger partial charge in [-0.15, -0.1) is 5.10 Å². The number of amides is 2. The molecule has 0 unspecified atom stereocenters. The molecule has 0 bridgehead atoms. The molecule has 0 spiro atoms. The summed E-state index contributed by atoms with van der Waals surface area (Å²) >= 11 is 1.14. The number of carbonyl (C=O) groups is 2. The first-order valence-corrected chi connectivity index (χ1v) is 8.74. The van der Waals surface area contributed by atoms with Gasteiger partial charge in [-0.3, -0.25) is 14.6 Å². The molecular formula is C16H19N5O2S. The van der Waals surface area contributed by atoms with Gasteiger partial charge in [0.1, 0.15) is 4.88 Å². The summed E-state index contributed by atoms with van der Waals surface area (Å²) in [6, 6.07) is 5.55. The zero-order valence-electron chi connectivity index (χ0n) is 13.5. The molecule has 1 aliphatic heterocycles. The predicted molar refractivity (Wildman–Crippen MR) is 89.7 cm³/mol. The molecule has 1 aliphatic rings. The van der Waals surface area contributed by atoms with Crippen LogP contribution in [-0.2, 0) is 17.6 Å². The van der Waals surface area contributed by atoms with Crippen molar-refractivity contribution < 1.29 is 9.59 Å². The first kappa shape index (κ1) is 16.5. The largest absolute Gasteiger partial charge is 0.339 e. The molecule has 0 N–H and O–H groups in total. The SMILES string of the molecule is CCc1nnsc1C(=O)N1CCN(C(=O)Cc2ccccn2)CC1. The number of carbonyl (C=O) groups excluding carboxylic acids is 2. The lowest BCUT2D eigenvalue weighted by Crippen LogP contribution is -2.51. The van der Waals surface area contributed by atoms with Gasteiger partial charge in [0.25, 0.3) is 5.91 Å². The van der Waals surface area contributed by atoms with Gasteiger partial charge in [0, 0.05) is 38.1 Å². The smallest absolute Gasteiger partial charge is 0.267 e. The number of pyridine rings is 1. The number of aromatic nitrogens is 3. The van der Waals surface area contributed by atoms with E-state index in [1.807, 2.05) is 25.1 Å². The van der Waals surface area contributed by atoms with E-state index in [1.165, 1.54) is 0 Å². The Kier molecular flexibility index (Phi) is 5.14. The number of aryl methyl sites for hydroxylation is 1. The molecular weight excluding hydrogens is 326 g/mol. The fraction of sp³-hybridized carbons (Fsp3) is 0.438. The Balaban J connectivity index is 1.56. The molecule has 7 nitrogen and oxygen atoms in total. The number of nitrogens with zero attached hydrogens (tertiary/aromatic N) is 5. The second-order valence-corrected chi connectivity index (χ2v) is 6.33. The predicted octanol–water partition coefficient (Wildman–Crippen LogP) is 1.02. The Morgan fingerprint density at radius 1 is 1.17 bits per heavy atom. The van der Waals surface area contributed by atoms with Gasteiger partial charge < -0.3 is 9.80 Å². The van der Waals surface area contributed by atoms with E-state index in [9.17, 15) is 9.59 Å². The van der Waals surface area contributed by atoms with Crippen LogP contribution in [0.2, 0.25) is 0 Å². The van der Waals surface area contributed by atoms with Crippen molar-refractivity contribution in [2.75, 3.05) is 26.2 Å². The van der Waals surface area contributed by atoms with Crippen molar-refractivity contribution in [3.63, 3.8) is 0 Å². The molecule has 126 valence electrons. The molecule has 0 atom stereocenters. The monoisotopic (exact) mass is 345 g/mol. The Morgan fingerprint density at radius 3 is 2.58 bits per heavy atom. The number of rotatable bonds is 4. The summed E-state index contributed by atoms with van der Waals surface area (Å²) in [5, 5.41) is 3.99. The van der Waals surface area contributed by atoms with Crippen molar-refractivity contribution in [3.05, 3.63) is 40.7 Å². The third-order valence-electron chi connectivity index (χ3n) is 4.06. The van der Waals surface area contributed by atoms with Crippen molar-refractivity contribution in [3.8, 4) is 0 Å². The maximum absolute atomic E-state index is 12.6. The average Bonchev–Trinajstić information content (AvgIpc) is 3.11. The third-order valence-corrected chi connectivity index (χ3v) is 4.82. The number of hydrogen-bond acceptors (Lipinski definition) is 6. The van der Waals surface area contributed by atoms with Gasteiger partial charge in [-0.25, -0.2) is 0 Å². The van der Waals surface area contributed by atoms with E-state index in [0.717, 1.165) is 22.9 Å². The van der Waals surface area contributed by atoms with Crippen LogP contribution in [0.15, 0.2) is 24.4 Å². The summed E-state index contributed by atoms with van der Waals surface area (Å²) < 4.78 is 3.87. The normalized spacial score (nSPS) is 14.7. The minimum Gasteiger partial charge on any atom is -0.339 e. The van der Waals surface area contributed by atoms with Crippen LogP contribution in [0.5, 0.6) is 0 Å². The highest BCUT2D eigenvalue weighted by atomic mass is 32.1. The fourth-order valence-electron chi connectivity index (χ4n) is 2.67. The molecule has 0 aliphatic carbocycles. The van der Waals surface area contributed by atoms with Crippen LogP contribution >= 0.6 is 11.5 Å². The lowest BCUT2D eigenvalue weighted by molar-refractivity contribution is -0.132. The van der Waals surface area contributed by atoms with Gasteiger partial charge >= 0.3 is 0 Å². The minimum atomic E-state index is -0.0290. The van der Waals surface area contributed by atoms with E-state index in [4.69, 9.17) is 0 Å². The van der Waals surface area contributed by atoms with E-state index in [2.05, 4.69) is 14.6 Å². The molecule has 2 aromatic rings. The molecule has 2 amide bonds. The summed E-state index contributed by atoms with van der Waals surface area (Å²) in [5.74, 6) is 0.0215. The van der Waals surface area contributed by atoms with E-state index in [-0.39, 0.29) is 11.8 Å². The van der Waals surface area contributed by atoms with Crippen LogP contribution in [-0.4, -0.2) is 62.4 Å². The molecule has 1 saturated heterocycles. The number of piperazine rings is 1. The molecule has 24 heavy (non-hydrogen) atoms. The quantitative estimate of drug-likeness (QED) is 0.827. The van der Waals surface area contributed by atoms with E-state index < -0.39 is 0 Å². The Labute approximate surface area is 144 Å². The van der Waals surface area contributed by atoms with Crippen LogP contribution < -0.4 is 0 Å². The van der Waals surface area contributed by atoms with Crippen molar-refractivity contribution >= 4 is 23.3 Å². The maximum atomic E-state index is 12.6. The van der Waals surface area contributed by atoms with Gasteiger partial charge in [-0.1, -0.05) is 17.5 Å². The van der Waals surface area contributed by atoms with Crippen molar-refractivity contribution in [2.24, 2.45) is 0 Å². The zero-order chi connectivity index (χ0) is 16.9. The average molecular weight is 345 g/mol. The Bertz CT molecular complexity index is 710. The highest BCUT2D eigenvalue weighted by Gasteiger charge is 2.27.